The highest BCUT2D eigenvalue weighted by atomic mass is 79.9. The SMILES string of the molecule is Cc1cc(Br)cc(Cl)c1NC(=O)/C=C\c1cscn1. The first-order chi connectivity index (χ1) is 9.06. The minimum absolute atomic E-state index is 0.236. The monoisotopic (exact) mass is 356 g/mol. The summed E-state index contributed by atoms with van der Waals surface area (Å²) < 4.78 is 0.881. The van der Waals surface area contributed by atoms with E-state index in [1.807, 2.05) is 18.4 Å². The zero-order valence-corrected chi connectivity index (χ0v) is 13.1. The van der Waals surface area contributed by atoms with Crippen molar-refractivity contribution in [1.82, 2.24) is 4.98 Å². The fraction of sp³-hybridized carbons (Fsp3) is 0.0769. The van der Waals surface area contributed by atoms with Crippen LogP contribution in [0.3, 0.4) is 0 Å². The van der Waals surface area contributed by atoms with Crippen LogP contribution in [-0.2, 0) is 4.79 Å². The quantitative estimate of drug-likeness (QED) is 0.821. The molecule has 0 atom stereocenters. The molecule has 98 valence electrons. The number of halogens is 2. The Morgan fingerprint density at radius 2 is 2.32 bits per heavy atom. The van der Waals surface area contributed by atoms with Gasteiger partial charge in [0.2, 0.25) is 5.91 Å². The number of aryl methyl sites for hydroxylation is 1. The number of carbonyl (C=O) groups excluding carboxylic acids is 1. The van der Waals surface area contributed by atoms with E-state index in [1.165, 1.54) is 17.4 Å². The normalized spacial score (nSPS) is 10.9. The zero-order valence-electron chi connectivity index (χ0n) is 9.98. The van der Waals surface area contributed by atoms with Gasteiger partial charge in [0.25, 0.3) is 0 Å². The highest BCUT2D eigenvalue weighted by Gasteiger charge is 2.08. The maximum Gasteiger partial charge on any atom is 0.248 e. The van der Waals surface area contributed by atoms with E-state index in [0.29, 0.717) is 10.7 Å². The Kier molecular flexibility index (Phi) is 4.74. The Morgan fingerprint density at radius 1 is 1.53 bits per heavy atom. The van der Waals surface area contributed by atoms with Crippen LogP contribution in [0.2, 0.25) is 5.02 Å². The molecule has 0 saturated carbocycles. The molecule has 0 aliphatic carbocycles. The first kappa shape index (κ1) is 14.2. The van der Waals surface area contributed by atoms with E-state index >= 15 is 0 Å². The topological polar surface area (TPSA) is 42.0 Å². The lowest BCUT2D eigenvalue weighted by Crippen LogP contribution is -2.09. The highest BCUT2D eigenvalue weighted by molar-refractivity contribution is 9.10. The second-order valence-corrected chi connectivity index (χ2v) is 5.86. The van der Waals surface area contributed by atoms with Crippen molar-refractivity contribution >= 4 is 56.5 Å². The van der Waals surface area contributed by atoms with Crippen molar-refractivity contribution in [1.29, 1.82) is 0 Å². The molecule has 3 nitrogen and oxygen atoms in total. The molecule has 1 N–H and O–H groups in total. The average molecular weight is 358 g/mol. The molecule has 2 aromatic rings. The largest absolute Gasteiger partial charge is 0.321 e. The molecule has 1 heterocycles. The van der Waals surface area contributed by atoms with Gasteiger partial charge < -0.3 is 5.32 Å². The maximum absolute atomic E-state index is 11.8. The van der Waals surface area contributed by atoms with Crippen molar-refractivity contribution in [2.24, 2.45) is 0 Å². The predicted molar refractivity (Wildman–Crippen MR) is 83.7 cm³/mol. The molecule has 1 aromatic heterocycles. The highest BCUT2D eigenvalue weighted by Crippen LogP contribution is 2.29. The van der Waals surface area contributed by atoms with Crippen molar-refractivity contribution in [3.05, 3.63) is 49.9 Å². The van der Waals surface area contributed by atoms with E-state index < -0.39 is 0 Å². The molecule has 0 bridgehead atoms. The summed E-state index contributed by atoms with van der Waals surface area (Å²) in [4.78, 5) is 15.9. The molecule has 1 amide bonds. The van der Waals surface area contributed by atoms with Crippen LogP contribution in [0.25, 0.3) is 6.08 Å². The first-order valence-electron chi connectivity index (χ1n) is 5.39. The summed E-state index contributed by atoms with van der Waals surface area (Å²) in [6.45, 7) is 1.89. The fourth-order valence-corrected chi connectivity index (χ4v) is 3.03. The number of thiazole rings is 1. The third kappa shape index (κ3) is 3.89. The summed E-state index contributed by atoms with van der Waals surface area (Å²) >= 11 is 10.9. The molecule has 0 aliphatic rings. The van der Waals surface area contributed by atoms with E-state index in [9.17, 15) is 4.79 Å². The number of rotatable bonds is 3. The average Bonchev–Trinajstić information content (AvgIpc) is 2.84. The molecule has 2 rings (SSSR count). The number of anilines is 1. The lowest BCUT2D eigenvalue weighted by Gasteiger charge is -2.09. The van der Waals surface area contributed by atoms with E-state index in [2.05, 4.69) is 26.2 Å². The number of benzene rings is 1. The van der Waals surface area contributed by atoms with Crippen LogP contribution in [0.15, 0.2) is 33.6 Å². The fourth-order valence-electron chi connectivity index (χ4n) is 1.49. The summed E-state index contributed by atoms with van der Waals surface area (Å²) in [5.41, 5.74) is 4.00. The summed E-state index contributed by atoms with van der Waals surface area (Å²) in [6, 6.07) is 3.64. The van der Waals surface area contributed by atoms with Crippen LogP contribution in [0.1, 0.15) is 11.3 Å². The Hall–Kier alpha value is -1.17. The van der Waals surface area contributed by atoms with Gasteiger partial charge in [0.1, 0.15) is 0 Å². The molecule has 0 fully saturated rings. The number of hydrogen-bond donors (Lipinski definition) is 1. The van der Waals surface area contributed by atoms with Gasteiger partial charge in [-0.15, -0.1) is 11.3 Å². The van der Waals surface area contributed by atoms with Crippen LogP contribution in [0.5, 0.6) is 0 Å². The number of nitrogens with one attached hydrogen (secondary N) is 1. The second kappa shape index (κ2) is 6.32. The number of amides is 1. The number of aromatic nitrogens is 1. The molecule has 19 heavy (non-hydrogen) atoms. The lowest BCUT2D eigenvalue weighted by atomic mass is 10.2. The molecular weight excluding hydrogens is 348 g/mol. The van der Waals surface area contributed by atoms with E-state index in [1.54, 1.807) is 17.7 Å². The van der Waals surface area contributed by atoms with Crippen molar-refractivity contribution < 1.29 is 4.79 Å². The summed E-state index contributed by atoms with van der Waals surface area (Å²) in [6.07, 6.45) is 3.10. The van der Waals surface area contributed by atoms with Gasteiger partial charge in [-0.3, -0.25) is 4.79 Å². The molecule has 1 aromatic carbocycles. The van der Waals surface area contributed by atoms with E-state index in [0.717, 1.165) is 15.7 Å². The van der Waals surface area contributed by atoms with Crippen LogP contribution in [0.4, 0.5) is 5.69 Å². The van der Waals surface area contributed by atoms with E-state index in [4.69, 9.17) is 11.6 Å². The molecule has 0 unspecified atom stereocenters. The predicted octanol–water partition coefficient (Wildman–Crippen LogP) is 4.52. The summed E-state index contributed by atoms with van der Waals surface area (Å²) in [5.74, 6) is -0.236. The van der Waals surface area contributed by atoms with Crippen LogP contribution in [0, 0.1) is 6.92 Å². The molecule has 6 heteroatoms. The minimum atomic E-state index is -0.236. The van der Waals surface area contributed by atoms with Crippen LogP contribution in [-0.4, -0.2) is 10.9 Å². The Bertz CT molecular complexity index is 603. The van der Waals surface area contributed by atoms with Gasteiger partial charge >= 0.3 is 0 Å². The van der Waals surface area contributed by atoms with Crippen LogP contribution < -0.4 is 5.32 Å². The van der Waals surface area contributed by atoms with Crippen molar-refractivity contribution in [2.75, 3.05) is 5.32 Å². The molecule has 0 saturated heterocycles. The first-order valence-corrected chi connectivity index (χ1v) is 7.50. The molecule has 0 aliphatic heterocycles. The van der Waals surface area contributed by atoms with Gasteiger partial charge in [0.05, 0.1) is 21.9 Å². The summed E-state index contributed by atoms with van der Waals surface area (Å²) in [5, 5.41) is 5.13. The van der Waals surface area contributed by atoms with Gasteiger partial charge in [-0.1, -0.05) is 27.5 Å². The Morgan fingerprint density at radius 3 is 2.95 bits per heavy atom. The molecular formula is C13H10BrClN2OS. The Balaban J connectivity index is 2.11. The summed E-state index contributed by atoms with van der Waals surface area (Å²) in [7, 11) is 0. The number of carbonyl (C=O) groups is 1. The molecule has 0 spiro atoms. The smallest absolute Gasteiger partial charge is 0.248 e. The van der Waals surface area contributed by atoms with Crippen molar-refractivity contribution in [3.63, 3.8) is 0 Å². The van der Waals surface area contributed by atoms with Gasteiger partial charge in [0, 0.05) is 15.9 Å². The Labute approximate surface area is 128 Å². The van der Waals surface area contributed by atoms with Gasteiger partial charge in [-0.05, 0) is 30.7 Å². The van der Waals surface area contributed by atoms with Crippen molar-refractivity contribution in [3.8, 4) is 0 Å². The lowest BCUT2D eigenvalue weighted by molar-refractivity contribution is -0.111. The number of nitrogens with zero attached hydrogens (tertiary/aromatic N) is 1. The van der Waals surface area contributed by atoms with Crippen molar-refractivity contribution in [2.45, 2.75) is 6.92 Å². The van der Waals surface area contributed by atoms with Gasteiger partial charge in [-0.25, -0.2) is 4.98 Å². The second-order valence-electron chi connectivity index (χ2n) is 3.82. The number of hydrogen-bond acceptors (Lipinski definition) is 3. The third-order valence-corrected chi connectivity index (χ3v) is 3.72. The zero-order chi connectivity index (χ0) is 13.8. The molecule has 0 radical (unpaired) electrons. The van der Waals surface area contributed by atoms with Crippen LogP contribution >= 0.6 is 38.9 Å². The van der Waals surface area contributed by atoms with Gasteiger partial charge in [0.15, 0.2) is 0 Å². The standard InChI is InChI=1S/C13H10BrClN2OS/c1-8-4-9(14)5-11(15)13(8)17-12(18)3-2-10-6-19-7-16-10/h2-7H,1H3,(H,17,18)/b3-2-. The third-order valence-electron chi connectivity index (χ3n) is 2.36. The maximum atomic E-state index is 11.8. The van der Waals surface area contributed by atoms with Gasteiger partial charge in [-0.2, -0.15) is 0 Å². The van der Waals surface area contributed by atoms with E-state index in [-0.39, 0.29) is 5.91 Å². The minimum Gasteiger partial charge on any atom is -0.321 e.